The Bertz CT molecular complexity index is 1030. The number of hydrogen-bond donors (Lipinski definition) is 3. The number of nitrogens with one attached hydrogen (secondary N) is 2. The van der Waals surface area contributed by atoms with Gasteiger partial charge in [0.2, 0.25) is 0 Å². The highest BCUT2D eigenvalue weighted by Gasteiger charge is 2.31. The van der Waals surface area contributed by atoms with Crippen molar-refractivity contribution in [2.45, 2.75) is 12.0 Å². The molecule has 1 saturated heterocycles. The molecule has 1 aromatic heterocycles. The van der Waals surface area contributed by atoms with Crippen molar-refractivity contribution in [2.24, 2.45) is 5.73 Å². The second-order valence-corrected chi connectivity index (χ2v) is 6.45. The molecule has 0 aliphatic carbocycles. The van der Waals surface area contributed by atoms with E-state index < -0.39 is 17.5 Å². The molecule has 1 fully saturated rings. The molecule has 4 rings (SSSR count). The molecule has 4 N–H and O–H groups in total. The fourth-order valence-electron chi connectivity index (χ4n) is 3.54. The number of halogens is 2. The first kappa shape index (κ1) is 17.3. The molecule has 1 aliphatic rings. The van der Waals surface area contributed by atoms with Crippen LogP contribution in [0.5, 0.6) is 0 Å². The first-order valence-corrected chi connectivity index (χ1v) is 8.51. The van der Waals surface area contributed by atoms with Gasteiger partial charge < -0.3 is 16.4 Å². The zero-order valence-corrected chi connectivity index (χ0v) is 14.2. The van der Waals surface area contributed by atoms with Gasteiger partial charge in [0.05, 0.1) is 11.1 Å². The Balaban J connectivity index is 1.70. The van der Waals surface area contributed by atoms with E-state index in [0.29, 0.717) is 40.9 Å². The summed E-state index contributed by atoms with van der Waals surface area (Å²) in [4.78, 5) is 20.1. The molecule has 0 saturated carbocycles. The molecule has 1 aliphatic heterocycles. The van der Waals surface area contributed by atoms with Gasteiger partial charge in [-0.25, -0.2) is 18.7 Å². The average molecular weight is 369 g/mol. The smallest absolute Gasteiger partial charge is 0.250 e. The van der Waals surface area contributed by atoms with Gasteiger partial charge in [0.15, 0.2) is 11.6 Å². The van der Waals surface area contributed by atoms with E-state index >= 15 is 0 Å². The summed E-state index contributed by atoms with van der Waals surface area (Å²) in [7, 11) is 0. The summed E-state index contributed by atoms with van der Waals surface area (Å²) in [6, 6.07) is 9.07. The Morgan fingerprint density at radius 2 is 1.96 bits per heavy atom. The van der Waals surface area contributed by atoms with Crippen LogP contribution < -0.4 is 16.4 Å². The van der Waals surface area contributed by atoms with Gasteiger partial charge in [-0.2, -0.15) is 0 Å². The van der Waals surface area contributed by atoms with Gasteiger partial charge in [-0.05, 0) is 23.8 Å². The first-order valence-electron chi connectivity index (χ1n) is 8.51. The molecule has 8 heteroatoms. The number of para-hydroxylation sites is 1. The van der Waals surface area contributed by atoms with Gasteiger partial charge >= 0.3 is 0 Å². The summed E-state index contributed by atoms with van der Waals surface area (Å²) in [6.07, 6.45) is 1.34. The summed E-state index contributed by atoms with van der Waals surface area (Å²) in [6.45, 7) is 1.06. The largest absolute Gasteiger partial charge is 0.366 e. The summed E-state index contributed by atoms with van der Waals surface area (Å²) in [5, 5.41) is 7.12. The van der Waals surface area contributed by atoms with Gasteiger partial charge in [0, 0.05) is 30.4 Å². The van der Waals surface area contributed by atoms with E-state index in [4.69, 9.17) is 5.73 Å². The molecule has 1 amide bonds. The van der Waals surface area contributed by atoms with Crippen molar-refractivity contribution in [3.8, 4) is 0 Å². The van der Waals surface area contributed by atoms with Crippen LogP contribution >= 0.6 is 0 Å². The Labute approximate surface area is 153 Å². The van der Waals surface area contributed by atoms with Gasteiger partial charge in [-0.3, -0.25) is 4.79 Å². The number of nitrogens with zero attached hydrogens (tertiary/aromatic N) is 2. The number of fused-ring (bicyclic) bond motifs is 1. The third kappa shape index (κ3) is 3.08. The van der Waals surface area contributed by atoms with Gasteiger partial charge in [0.1, 0.15) is 12.1 Å². The van der Waals surface area contributed by atoms with Crippen molar-refractivity contribution in [1.29, 1.82) is 0 Å². The number of benzene rings is 2. The number of anilines is 1. The summed E-state index contributed by atoms with van der Waals surface area (Å²) >= 11 is 0. The third-order valence-corrected chi connectivity index (χ3v) is 4.85. The number of hydrogen-bond acceptors (Lipinski definition) is 5. The van der Waals surface area contributed by atoms with E-state index in [1.165, 1.54) is 12.4 Å². The van der Waals surface area contributed by atoms with Crippen LogP contribution in [0.25, 0.3) is 10.9 Å². The molecular weight excluding hydrogens is 352 g/mol. The van der Waals surface area contributed by atoms with Crippen molar-refractivity contribution in [3.05, 3.63) is 65.5 Å². The van der Waals surface area contributed by atoms with Crippen molar-refractivity contribution in [1.82, 2.24) is 15.3 Å². The van der Waals surface area contributed by atoms with Crippen LogP contribution in [0.4, 0.5) is 14.6 Å². The lowest BCUT2D eigenvalue weighted by atomic mass is 9.93. The maximum Gasteiger partial charge on any atom is 0.250 e. The van der Waals surface area contributed by atoms with E-state index in [1.54, 1.807) is 24.3 Å². The normalized spacial score (nSPS) is 19.3. The third-order valence-electron chi connectivity index (χ3n) is 4.85. The number of rotatable bonds is 4. The van der Waals surface area contributed by atoms with E-state index in [0.717, 1.165) is 6.07 Å². The van der Waals surface area contributed by atoms with E-state index in [1.807, 2.05) is 0 Å². The molecule has 2 atom stereocenters. The molecule has 27 heavy (non-hydrogen) atoms. The minimum atomic E-state index is -0.864. The molecule has 3 aromatic rings. The Morgan fingerprint density at radius 3 is 2.78 bits per heavy atom. The quantitative estimate of drug-likeness (QED) is 0.655. The number of carbonyl (C=O) groups is 1. The lowest BCUT2D eigenvalue weighted by Crippen LogP contribution is -2.28. The predicted octanol–water partition coefficient (Wildman–Crippen LogP) is 2.17. The standard InChI is InChI=1S/C19H17F2N5O/c20-14-6-2-3-10(16(14)21)13-7-23-8-15(13)26-19-12-5-1-4-11(18(22)27)17(12)24-9-25-19/h1-6,9,13,15,23H,7-8H2,(H2,22,27)(H,24,25,26)/t13-,15+/m1/s1. The van der Waals surface area contributed by atoms with Crippen LogP contribution in [0.3, 0.4) is 0 Å². The van der Waals surface area contributed by atoms with Gasteiger partial charge in [-0.1, -0.05) is 18.2 Å². The van der Waals surface area contributed by atoms with Crippen molar-refractivity contribution < 1.29 is 13.6 Å². The fourth-order valence-corrected chi connectivity index (χ4v) is 3.54. The number of aromatic nitrogens is 2. The van der Waals surface area contributed by atoms with E-state index in [2.05, 4.69) is 20.6 Å². The molecule has 2 aromatic carbocycles. The van der Waals surface area contributed by atoms with E-state index in [9.17, 15) is 13.6 Å². The Morgan fingerprint density at radius 1 is 1.15 bits per heavy atom. The van der Waals surface area contributed by atoms with Gasteiger partial charge in [0.25, 0.3) is 5.91 Å². The first-order chi connectivity index (χ1) is 13.1. The Hall–Kier alpha value is -3.13. The number of carbonyl (C=O) groups excluding carboxylic acids is 1. The number of amides is 1. The monoisotopic (exact) mass is 369 g/mol. The fraction of sp³-hybridized carbons (Fsp3) is 0.211. The second kappa shape index (κ2) is 6.88. The summed E-state index contributed by atoms with van der Waals surface area (Å²) < 4.78 is 27.9. The molecule has 0 spiro atoms. The van der Waals surface area contributed by atoms with Crippen LogP contribution in [0.2, 0.25) is 0 Å². The molecule has 0 unspecified atom stereocenters. The zero-order chi connectivity index (χ0) is 19.0. The summed E-state index contributed by atoms with van der Waals surface area (Å²) in [5.41, 5.74) is 6.48. The average Bonchev–Trinajstić information content (AvgIpc) is 3.11. The highest BCUT2D eigenvalue weighted by Crippen LogP contribution is 2.30. The SMILES string of the molecule is NC(=O)c1cccc2c(N[C@H]3CNC[C@@H]3c3cccc(F)c3F)ncnc12. The minimum absolute atomic E-state index is 0.211. The lowest BCUT2D eigenvalue weighted by Gasteiger charge is -2.22. The van der Waals surface area contributed by atoms with E-state index in [-0.39, 0.29) is 12.0 Å². The maximum atomic E-state index is 14.3. The van der Waals surface area contributed by atoms with Crippen molar-refractivity contribution in [2.75, 3.05) is 18.4 Å². The predicted molar refractivity (Wildman–Crippen MR) is 97.4 cm³/mol. The molecular formula is C19H17F2N5O. The highest BCUT2D eigenvalue weighted by atomic mass is 19.2. The zero-order valence-electron chi connectivity index (χ0n) is 14.2. The second-order valence-electron chi connectivity index (χ2n) is 6.45. The molecule has 138 valence electrons. The molecule has 6 nitrogen and oxygen atoms in total. The van der Waals surface area contributed by atoms with Crippen molar-refractivity contribution >= 4 is 22.6 Å². The lowest BCUT2D eigenvalue weighted by molar-refractivity contribution is 0.100. The van der Waals surface area contributed by atoms with Crippen molar-refractivity contribution in [3.63, 3.8) is 0 Å². The van der Waals surface area contributed by atoms with Crippen LogP contribution in [0.1, 0.15) is 21.8 Å². The molecule has 2 heterocycles. The molecule has 0 radical (unpaired) electrons. The molecule has 0 bridgehead atoms. The summed E-state index contributed by atoms with van der Waals surface area (Å²) in [5.74, 6) is -2.03. The van der Waals surface area contributed by atoms with Crippen LogP contribution in [0, 0.1) is 11.6 Å². The van der Waals surface area contributed by atoms with Crippen LogP contribution in [-0.2, 0) is 0 Å². The minimum Gasteiger partial charge on any atom is -0.366 e. The topological polar surface area (TPSA) is 92.9 Å². The highest BCUT2D eigenvalue weighted by molar-refractivity contribution is 6.06. The Kier molecular flexibility index (Phi) is 4.41. The maximum absolute atomic E-state index is 14.3. The number of primary amides is 1. The van der Waals surface area contributed by atoms with Gasteiger partial charge in [-0.15, -0.1) is 0 Å². The van der Waals surface area contributed by atoms with Crippen LogP contribution in [-0.4, -0.2) is 35.0 Å². The number of nitrogens with two attached hydrogens (primary N) is 1. The van der Waals surface area contributed by atoms with Crippen LogP contribution in [0.15, 0.2) is 42.7 Å².